The molecule has 4 nitrogen and oxygen atoms in total. The Morgan fingerprint density at radius 2 is 1.81 bits per heavy atom. The normalized spacial score (nSPS) is 13.7. The average Bonchev–Trinajstić information content (AvgIpc) is 2.97. The highest BCUT2D eigenvalue weighted by molar-refractivity contribution is 5.78. The van der Waals surface area contributed by atoms with E-state index in [0.29, 0.717) is 13.0 Å². The number of hydrogen-bond acceptors (Lipinski definition) is 3. The van der Waals surface area contributed by atoms with Crippen molar-refractivity contribution in [3.8, 4) is 6.07 Å². The molecule has 0 aliphatic carbocycles. The fourth-order valence-electron chi connectivity index (χ4n) is 2.49. The molecule has 104 valence electrons. The number of para-hydroxylation sites is 1. The molecule has 0 aliphatic heterocycles. The van der Waals surface area contributed by atoms with Crippen molar-refractivity contribution in [3.63, 3.8) is 0 Å². The zero-order valence-electron chi connectivity index (χ0n) is 11.6. The zero-order chi connectivity index (χ0) is 14.7. The molecule has 21 heavy (non-hydrogen) atoms. The second-order valence-electron chi connectivity index (χ2n) is 5.13. The summed E-state index contributed by atoms with van der Waals surface area (Å²) < 4.78 is 1.90. The van der Waals surface area contributed by atoms with Crippen molar-refractivity contribution in [1.29, 1.82) is 5.26 Å². The van der Waals surface area contributed by atoms with Gasteiger partial charge in [0, 0.05) is 18.4 Å². The summed E-state index contributed by atoms with van der Waals surface area (Å²) in [7, 11) is 0. The first-order valence-electron chi connectivity index (χ1n) is 6.89. The monoisotopic (exact) mass is 276 g/mol. The largest absolute Gasteiger partial charge is 0.310 e. The van der Waals surface area contributed by atoms with E-state index in [9.17, 15) is 5.26 Å². The summed E-state index contributed by atoms with van der Waals surface area (Å²) in [4.78, 5) is 0. The molecule has 2 aromatic carbocycles. The molecule has 0 saturated carbocycles. The molecule has 0 aliphatic rings. The van der Waals surface area contributed by atoms with E-state index in [4.69, 9.17) is 5.73 Å². The molecule has 0 amide bonds. The van der Waals surface area contributed by atoms with Crippen LogP contribution >= 0.6 is 0 Å². The number of aromatic nitrogens is 2. The number of nitrogens with zero attached hydrogens (tertiary/aromatic N) is 3. The molecule has 2 N–H and O–H groups in total. The molecule has 1 heterocycles. The van der Waals surface area contributed by atoms with Crippen LogP contribution in [0.3, 0.4) is 0 Å². The Balaban J connectivity index is 1.85. The average molecular weight is 276 g/mol. The van der Waals surface area contributed by atoms with Gasteiger partial charge in [-0.05, 0) is 11.6 Å². The van der Waals surface area contributed by atoms with Crippen LogP contribution in [0.5, 0.6) is 0 Å². The predicted molar refractivity (Wildman–Crippen MR) is 82.3 cm³/mol. The number of rotatable bonds is 4. The lowest BCUT2D eigenvalue weighted by molar-refractivity contribution is 0.458. The summed E-state index contributed by atoms with van der Waals surface area (Å²) in [6, 6.07) is 19.8. The van der Waals surface area contributed by atoms with E-state index >= 15 is 0 Å². The van der Waals surface area contributed by atoms with Crippen molar-refractivity contribution in [2.24, 2.45) is 5.73 Å². The predicted octanol–water partition coefficient (Wildman–Crippen LogP) is 2.80. The van der Waals surface area contributed by atoms with E-state index in [1.165, 1.54) is 0 Å². The topological polar surface area (TPSA) is 67.6 Å². The molecule has 0 saturated heterocycles. The molecule has 0 radical (unpaired) electrons. The van der Waals surface area contributed by atoms with Crippen molar-refractivity contribution in [1.82, 2.24) is 9.78 Å². The molecule has 4 heteroatoms. The number of nitrogens with two attached hydrogens (primary N) is 1. The van der Waals surface area contributed by atoms with E-state index in [2.05, 4.69) is 11.2 Å². The summed E-state index contributed by atoms with van der Waals surface area (Å²) in [6.07, 6.45) is 2.35. The lowest BCUT2D eigenvalue weighted by atomic mass is 9.89. The van der Waals surface area contributed by atoms with Gasteiger partial charge in [0.05, 0.1) is 17.8 Å². The maximum Gasteiger partial charge on any atom is 0.131 e. The van der Waals surface area contributed by atoms with Gasteiger partial charge in [-0.3, -0.25) is 4.68 Å². The maximum atomic E-state index is 9.48. The quantitative estimate of drug-likeness (QED) is 0.796. The first-order chi connectivity index (χ1) is 10.2. The Kier molecular flexibility index (Phi) is 3.43. The van der Waals surface area contributed by atoms with Crippen molar-refractivity contribution in [2.75, 3.05) is 0 Å². The van der Waals surface area contributed by atoms with Gasteiger partial charge in [-0.2, -0.15) is 10.4 Å². The van der Waals surface area contributed by atoms with Crippen molar-refractivity contribution >= 4 is 10.9 Å². The minimum Gasteiger partial charge on any atom is -0.310 e. The molecular formula is C17H16N4. The lowest BCUT2D eigenvalue weighted by Crippen LogP contribution is -2.36. The van der Waals surface area contributed by atoms with Crippen LogP contribution in [0.2, 0.25) is 0 Å². The van der Waals surface area contributed by atoms with Crippen LogP contribution < -0.4 is 5.73 Å². The van der Waals surface area contributed by atoms with Gasteiger partial charge < -0.3 is 5.73 Å². The van der Waals surface area contributed by atoms with Gasteiger partial charge in [0.1, 0.15) is 5.54 Å². The Hall–Kier alpha value is -2.64. The Morgan fingerprint density at radius 3 is 2.57 bits per heavy atom. The first-order valence-corrected chi connectivity index (χ1v) is 6.89. The smallest absolute Gasteiger partial charge is 0.131 e. The number of fused-ring (bicyclic) bond motifs is 1. The number of nitriles is 1. The summed E-state index contributed by atoms with van der Waals surface area (Å²) >= 11 is 0. The van der Waals surface area contributed by atoms with Crippen LogP contribution in [-0.2, 0) is 12.1 Å². The van der Waals surface area contributed by atoms with Gasteiger partial charge in [-0.25, -0.2) is 0 Å². The number of hydrogen-bond donors (Lipinski definition) is 1. The summed E-state index contributed by atoms with van der Waals surface area (Å²) in [6.45, 7) is 0.604. The highest BCUT2D eigenvalue weighted by Gasteiger charge is 2.27. The molecule has 1 aromatic heterocycles. The molecule has 0 bridgehead atoms. The van der Waals surface area contributed by atoms with Crippen LogP contribution in [0.1, 0.15) is 12.0 Å². The van der Waals surface area contributed by atoms with E-state index in [0.717, 1.165) is 16.5 Å². The fourth-order valence-corrected chi connectivity index (χ4v) is 2.49. The Labute approximate surface area is 123 Å². The number of aryl methyl sites for hydroxylation is 1. The van der Waals surface area contributed by atoms with Crippen LogP contribution in [0.25, 0.3) is 10.9 Å². The van der Waals surface area contributed by atoms with E-state index in [-0.39, 0.29) is 0 Å². The van der Waals surface area contributed by atoms with Crippen LogP contribution in [-0.4, -0.2) is 9.78 Å². The molecule has 1 unspecified atom stereocenters. The SMILES string of the molecule is N#CC(N)(CCn1ncc2ccccc21)c1ccccc1. The number of benzene rings is 2. The first kappa shape index (κ1) is 13.3. The highest BCUT2D eigenvalue weighted by atomic mass is 15.3. The van der Waals surface area contributed by atoms with Crippen molar-refractivity contribution in [2.45, 2.75) is 18.5 Å². The van der Waals surface area contributed by atoms with Crippen LogP contribution in [0, 0.1) is 11.3 Å². The maximum absolute atomic E-state index is 9.48. The molecular weight excluding hydrogens is 260 g/mol. The van der Waals surface area contributed by atoms with Gasteiger partial charge in [-0.15, -0.1) is 0 Å². The molecule has 3 rings (SSSR count). The van der Waals surface area contributed by atoms with E-state index in [1.54, 1.807) is 0 Å². The van der Waals surface area contributed by atoms with E-state index in [1.807, 2.05) is 65.5 Å². The van der Waals surface area contributed by atoms with Crippen molar-refractivity contribution in [3.05, 3.63) is 66.4 Å². The molecule has 0 spiro atoms. The second-order valence-corrected chi connectivity index (χ2v) is 5.13. The summed E-state index contributed by atoms with van der Waals surface area (Å²) in [5.74, 6) is 0. The minimum atomic E-state index is -0.992. The van der Waals surface area contributed by atoms with Crippen LogP contribution in [0.15, 0.2) is 60.8 Å². The summed E-state index contributed by atoms with van der Waals surface area (Å²) in [5, 5.41) is 14.9. The lowest BCUT2D eigenvalue weighted by Gasteiger charge is -2.22. The highest BCUT2D eigenvalue weighted by Crippen LogP contribution is 2.23. The van der Waals surface area contributed by atoms with Gasteiger partial charge in [-0.1, -0.05) is 48.5 Å². The Morgan fingerprint density at radius 1 is 1.10 bits per heavy atom. The zero-order valence-corrected chi connectivity index (χ0v) is 11.6. The van der Waals surface area contributed by atoms with Crippen LogP contribution in [0.4, 0.5) is 0 Å². The summed E-state index contributed by atoms with van der Waals surface area (Å²) in [5.41, 5.74) is 7.18. The van der Waals surface area contributed by atoms with Gasteiger partial charge in [0.25, 0.3) is 0 Å². The van der Waals surface area contributed by atoms with Crippen molar-refractivity contribution < 1.29 is 0 Å². The molecule has 0 fully saturated rings. The standard InChI is InChI=1S/C17H16N4/c18-13-17(19,15-7-2-1-3-8-15)10-11-21-16-9-5-4-6-14(16)12-20-21/h1-9,12H,10-11,19H2. The molecule has 1 atom stereocenters. The molecule has 3 aromatic rings. The van der Waals surface area contributed by atoms with Gasteiger partial charge >= 0.3 is 0 Å². The van der Waals surface area contributed by atoms with Gasteiger partial charge in [0.15, 0.2) is 0 Å². The van der Waals surface area contributed by atoms with Gasteiger partial charge in [0.2, 0.25) is 0 Å². The Bertz CT molecular complexity index is 785. The third kappa shape index (κ3) is 2.51. The minimum absolute atomic E-state index is 0.513. The fraction of sp³-hybridized carbons (Fsp3) is 0.176. The third-order valence-electron chi connectivity index (χ3n) is 3.76. The second kappa shape index (κ2) is 5.39. The van der Waals surface area contributed by atoms with E-state index < -0.39 is 5.54 Å². The third-order valence-corrected chi connectivity index (χ3v) is 3.76.